The van der Waals surface area contributed by atoms with Crippen molar-refractivity contribution in [1.29, 1.82) is 0 Å². The average Bonchev–Trinajstić information content (AvgIpc) is 3.07. The summed E-state index contributed by atoms with van der Waals surface area (Å²) in [5.74, 6) is 0. The molecular formula is C20H20Cl2N4O2. The Bertz CT molecular complexity index is 1010. The number of hydrogen-bond donors (Lipinski definition) is 1. The van der Waals surface area contributed by atoms with E-state index >= 15 is 0 Å². The molecule has 0 saturated carbocycles. The maximum Gasteiger partial charge on any atom is 0.270 e. The molecule has 1 fully saturated rings. The summed E-state index contributed by atoms with van der Waals surface area (Å²) in [4.78, 5) is 18.7. The van der Waals surface area contributed by atoms with Crippen LogP contribution in [0.2, 0.25) is 10.0 Å². The van der Waals surface area contributed by atoms with Crippen LogP contribution in [-0.2, 0) is 13.1 Å². The zero-order valence-electron chi connectivity index (χ0n) is 15.2. The molecule has 0 bridgehead atoms. The molecule has 28 heavy (non-hydrogen) atoms. The summed E-state index contributed by atoms with van der Waals surface area (Å²) in [5, 5.41) is 13.3. The third kappa shape index (κ3) is 4.15. The minimum Gasteiger partial charge on any atom is -0.361 e. The Morgan fingerprint density at radius 3 is 2.29 bits per heavy atom. The Labute approximate surface area is 172 Å². The summed E-state index contributed by atoms with van der Waals surface area (Å²) in [7, 11) is 0. The van der Waals surface area contributed by atoms with Crippen LogP contribution >= 0.6 is 23.2 Å². The van der Waals surface area contributed by atoms with Gasteiger partial charge in [0.1, 0.15) is 0 Å². The molecule has 0 atom stereocenters. The molecule has 2 aromatic carbocycles. The van der Waals surface area contributed by atoms with Gasteiger partial charge >= 0.3 is 0 Å². The van der Waals surface area contributed by atoms with E-state index in [2.05, 4.69) is 14.8 Å². The molecule has 8 heteroatoms. The fourth-order valence-electron chi connectivity index (χ4n) is 3.65. The van der Waals surface area contributed by atoms with Gasteiger partial charge in [-0.05, 0) is 29.3 Å². The van der Waals surface area contributed by atoms with E-state index in [1.165, 1.54) is 6.07 Å². The van der Waals surface area contributed by atoms with Gasteiger partial charge in [-0.2, -0.15) is 0 Å². The molecule has 3 aromatic rings. The number of nitro groups is 1. The summed E-state index contributed by atoms with van der Waals surface area (Å²) in [5.41, 5.74) is 3.23. The molecule has 1 saturated heterocycles. The molecular weight excluding hydrogens is 399 g/mol. The quantitative estimate of drug-likeness (QED) is 0.481. The van der Waals surface area contributed by atoms with Crippen molar-refractivity contribution in [3.63, 3.8) is 0 Å². The van der Waals surface area contributed by atoms with Gasteiger partial charge in [-0.25, -0.2) is 0 Å². The molecule has 0 spiro atoms. The second-order valence-electron chi connectivity index (χ2n) is 7.09. The predicted octanol–water partition coefficient (Wildman–Crippen LogP) is 4.70. The molecule has 1 aliphatic rings. The number of rotatable bonds is 5. The number of aromatic nitrogens is 1. The van der Waals surface area contributed by atoms with Gasteiger partial charge in [0.2, 0.25) is 0 Å². The van der Waals surface area contributed by atoms with Crippen molar-refractivity contribution in [1.82, 2.24) is 14.8 Å². The van der Waals surface area contributed by atoms with Gasteiger partial charge in [0, 0.05) is 78.5 Å². The topological polar surface area (TPSA) is 65.4 Å². The van der Waals surface area contributed by atoms with Gasteiger partial charge in [0.25, 0.3) is 5.69 Å². The number of piperazine rings is 1. The monoisotopic (exact) mass is 418 g/mol. The maximum atomic E-state index is 11.1. The molecule has 1 aromatic heterocycles. The van der Waals surface area contributed by atoms with Crippen LogP contribution in [0.1, 0.15) is 11.1 Å². The second kappa shape index (κ2) is 8.09. The molecule has 0 unspecified atom stereocenters. The Morgan fingerprint density at radius 1 is 0.964 bits per heavy atom. The molecule has 1 aliphatic heterocycles. The Morgan fingerprint density at radius 2 is 1.64 bits per heavy atom. The van der Waals surface area contributed by atoms with Crippen molar-refractivity contribution in [2.24, 2.45) is 0 Å². The third-order valence-electron chi connectivity index (χ3n) is 5.23. The van der Waals surface area contributed by atoms with E-state index in [4.69, 9.17) is 23.2 Å². The zero-order chi connectivity index (χ0) is 19.7. The lowest BCUT2D eigenvalue weighted by atomic mass is 10.1. The zero-order valence-corrected chi connectivity index (χ0v) is 16.7. The van der Waals surface area contributed by atoms with Gasteiger partial charge in [-0.1, -0.05) is 29.3 Å². The Hall–Kier alpha value is -2.12. The van der Waals surface area contributed by atoms with Crippen molar-refractivity contribution >= 4 is 39.8 Å². The highest BCUT2D eigenvalue weighted by Gasteiger charge is 2.19. The van der Waals surface area contributed by atoms with Crippen LogP contribution in [0.5, 0.6) is 0 Å². The van der Waals surface area contributed by atoms with E-state index in [0.717, 1.165) is 61.3 Å². The number of halogens is 2. The van der Waals surface area contributed by atoms with E-state index < -0.39 is 0 Å². The number of fused-ring (bicyclic) bond motifs is 1. The first-order valence-electron chi connectivity index (χ1n) is 9.12. The van der Waals surface area contributed by atoms with Gasteiger partial charge in [-0.3, -0.25) is 19.9 Å². The summed E-state index contributed by atoms with van der Waals surface area (Å²) in [6.45, 7) is 5.35. The lowest BCUT2D eigenvalue weighted by molar-refractivity contribution is -0.384. The number of H-pyrrole nitrogens is 1. The highest BCUT2D eigenvalue weighted by Crippen LogP contribution is 2.26. The number of benzene rings is 2. The van der Waals surface area contributed by atoms with Crippen LogP contribution in [0, 0.1) is 10.1 Å². The maximum absolute atomic E-state index is 11.1. The van der Waals surface area contributed by atoms with E-state index in [-0.39, 0.29) is 10.6 Å². The van der Waals surface area contributed by atoms with E-state index in [1.807, 2.05) is 18.3 Å². The summed E-state index contributed by atoms with van der Waals surface area (Å²) in [6.07, 6.45) is 1.95. The van der Waals surface area contributed by atoms with Gasteiger partial charge < -0.3 is 4.98 Å². The van der Waals surface area contributed by atoms with Crippen molar-refractivity contribution in [3.05, 3.63) is 73.9 Å². The van der Waals surface area contributed by atoms with Gasteiger partial charge in [0.15, 0.2) is 0 Å². The lowest BCUT2D eigenvalue weighted by Gasteiger charge is -2.34. The number of nitrogens with one attached hydrogen (secondary N) is 1. The molecule has 1 N–H and O–H groups in total. The normalized spacial score (nSPS) is 15.9. The highest BCUT2D eigenvalue weighted by atomic mass is 35.5. The fraction of sp³-hybridized carbons (Fsp3) is 0.300. The van der Waals surface area contributed by atoms with Crippen molar-refractivity contribution in [2.75, 3.05) is 26.2 Å². The molecule has 0 radical (unpaired) electrons. The first-order valence-corrected chi connectivity index (χ1v) is 9.88. The van der Waals surface area contributed by atoms with Crippen molar-refractivity contribution < 1.29 is 4.92 Å². The summed E-state index contributed by atoms with van der Waals surface area (Å²) < 4.78 is 0. The average molecular weight is 419 g/mol. The van der Waals surface area contributed by atoms with Crippen LogP contribution in [0.25, 0.3) is 10.9 Å². The number of hydrogen-bond acceptors (Lipinski definition) is 4. The largest absolute Gasteiger partial charge is 0.361 e. The van der Waals surface area contributed by atoms with Gasteiger partial charge in [0.05, 0.1) is 4.92 Å². The van der Waals surface area contributed by atoms with E-state index in [1.54, 1.807) is 18.2 Å². The number of nitrogens with zero attached hydrogens (tertiary/aromatic N) is 3. The van der Waals surface area contributed by atoms with Crippen molar-refractivity contribution in [2.45, 2.75) is 13.1 Å². The van der Waals surface area contributed by atoms with Gasteiger partial charge in [-0.15, -0.1) is 0 Å². The minimum atomic E-state index is -0.350. The number of non-ortho nitro benzene ring substituents is 1. The predicted molar refractivity (Wildman–Crippen MR) is 112 cm³/mol. The smallest absolute Gasteiger partial charge is 0.270 e. The van der Waals surface area contributed by atoms with Crippen LogP contribution in [0.3, 0.4) is 0 Å². The number of aromatic amines is 1. The SMILES string of the molecule is O=[N+]([O-])c1ccc2[nH]cc(CN3CCN(Cc4ccc(Cl)cc4Cl)CC3)c2c1. The first-order chi connectivity index (χ1) is 13.5. The molecule has 146 valence electrons. The second-order valence-corrected chi connectivity index (χ2v) is 7.93. The van der Waals surface area contributed by atoms with Crippen LogP contribution in [0.4, 0.5) is 5.69 Å². The summed E-state index contributed by atoms with van der Waals surface area (Å²) in [6, 6.07) is 10.6. The van der Waals surface area contributed by atoms with Crippen LogP contribution in [0.15, 0.2) is 42.6 Å². The molecule has 2 heterocycles. The highest BCUT2D eigenvalue weighted by molar-refractivity contribution is 6.35. The fourth-order valence-corrected chi connectivity index (χ4v) is 4.12. The molecule has 0 aliphatic carbocycles. The number of nitro benzene ring substituents is 1. The van der Waals surface area contributed by atoms with Crippen LogP contribution < -0.4 is 0 Å². The standard InChI is InChI=1S/C20H20Cl2N4O2/c21-16-2-1-14(19(22)9-16)12-24-5-7-25(8-6-24)13-15-11-23-20-4-3-17(26(27)28)10-18(15)20/h1-4,9-11,23H,5-8,12-13H2. The lowest BCUT2D eigenvalue weighted by Crippen LogP contribution is -2.45. The van der Waals surface area contributed by atoms with E-state index in [9.17, 15) is 10.1 Å². The van der Waals surface area contributed by atoms with Crippen molar-refractivity contribution in [3.8, 4) is 0 Å². The Kier molecular flexibility index (Phi) is 5.55. The van der Waals surface area contributed by atoms with E-state index in [0.29, 0.717) is 10.0 Å². The molecule has 4 rings (SSSR count). The molecule has 6 nitrogen and oxygen atoms in total. The first kappa shape index (κ1) is 19.2. The molecule has 0 amide bonds. The Balaban J connectivity index is 1.38. The minimum absolute atomic E-state index is 0.123. The third-order valence-corrected chi connectivity index (χ3v) is 5.82. The van der Waals surface area contributed by atoms with Crippen LogP contribution in [-0.4, -0.2) is 45.9 Å². The summed E-state index contributed by atoms with van der Waals surface area (Å²) >= 11 is 12.3.